The smallest absolute Gasteiger partial charge is 0.416 e. The van der Waals surface area contributed by atoms with Crippen LogP contribution in [0.1, 0.15) is 33.7 Å². The molecule has 0 fully saturated rings. The maximum absolute atomic E-state index is 12.9. The highest BCUT2D eigenvalue weighted by Gasteiger charge is 2.31. The largest absolute Gasteiger partial charge is 0.449 e. The predicted octanol–water partition coefficient (Wildman–Crippen LogP) is 6.13. The normalized spacial score (nSPS) is 12.8. The van der Waals surface area contributed by atoms with Crippen LogP contribution in [0.15, 0.2) is 72.8 Å². The Balaban J connectivity index is 1.36. The van der Waals surface area contributed by atoms with Crippen LogP contribution in [0, 0.1) is 11.3 Å². The summed E-state index contributed by atoms with van der Waals surface area (Å²) < 4.78 is 44.2. The lowest BCUT2D eigenvalue weighted by Gasteiger charge is -2.14. The molecule has 3 aromatic rings. The van der Waals surface area contributed by atoms with Gasteiger partial charge in [-0.25, -0.2) is 4.79 Å². The Hall–Kier alpha value is -4.05. The van der Waals surface area contributed by atoms with E-state index in [1.165, 1.54) is 12.2 Å². The molecule has 1 amide bonds. The first-order valence-electron chi connectivity index (χ1n) is 10.2. The molecule has 0 radical (unpaired) electrons. The third kappa shape index (κ3) is 4.75. The molecule has 7 heteroatoms. The number of nitriles is 1. The highest BCUT2D eigenvalue weighted by molar-refractivity contribution is 5.79. The predicted molar refractivity (Wildman–Crippen MR) is 118 cm³/mol. The van der Waals surface area contributed by atoms with E-state index in [1.54, 1.807) is 0 Å². The third-order valence-electron chi connectivity index (χ3n) is 5.50. The highest BCUT2D eigenvalue weighted by atomic mass is 19.4. The van der Waals surface area contributed by atoms with Gasteiger partial charge in [0.05, 0.1) is 17.2 Å². The summed E-state index contributed by atoms with van der Waals surface area (Å²) in [4.78, 5) is 12.2. The number of benzene rings is 3. The molecular weight excluding hydrogens is 429 g/mol. The van der Waals surface area contributed by atoms with Crippen LogP contribution in [0.4, 0.5) is 18.0 Å². The van der Waals surface area contributed by atoms with Gasteiger partial charge < -0.3 is 10.1 Å². The summed E-state index contributed by atoms with van der Waals surface area (Å²) >= 11 is 0. The molecule has 166 valence electrons. The molecule has 0 bridgehead atoms. The van der Waals surface area contributed by atoms with Gasteiger partial charge in [-0.2, -0.15) is 18.4 Å². The maximum atomic E-state index is 12.9. The molecule has 0 saturated carbocycles. The third-order valence-corrected chi connectivity index (χ3v) is 5.50. The van der Waals surface area contributed by atoms with Crippen molar-refractivity contribution in [1.82, 2.24) is 5.32 Å². The van der Waals surface area contributed by atoms with Crippen LogP contribution in [0.5, 0.6) is 0 Å². The molecule has 0 unspecified atom stereocenters. The summed E-state index contributed by atoms with van der Waals surface area (Å²) in [5, 5.41) is 11.7. The van der Waals surface area contributed by atoms with Crippen molar-refractivity contribution in [3.05, 3.63) is 101 Å². The Morgan fingerprint density at radius 2 is 1.67 bits per heavy atom. The van der Waals surface area contributed by atoms with E-state index in [1.807, 2.05) is 54.6 Å². The molecule has 1 aliphatic carbocycles. The molecule has 4 nitrogen and oxygen atoms in total. The number of rotatable bonds is 5. The van der Waals surface area contributed by atoms with Gasteiger partial charge in [-0.3, -0.25) is 0 Å². The van der Waals surface area contributed by atoms with Gasteiger partial charge in [0.2, 0.25) is 0 Å². The van der Waals surface area contributed by atoms with Gasteiger partial charge >= 0.3 is 12.3 Å². The summed E-state index contributed by atoms with van der Waals surface area (Å²) in [6.45, 7) is 0.202. The number of hydrogen-bond acceptors (Lipinski definition) is 3. The Labute approximate surface area is 188 Å². The standard InChI is InChI=1S/C26H19F3N2O2/c27-26(28,29)19-12-11-18(15-30)17(14-19)6-5-13-31-25(32)33-16-24-22-9-3-1-7-20(22)21-8-2-4-10-23(21)24/h1-12,14,24H,13,16H2,(H,31,32). The number of halogens is 3. The van der Waals surface area contributed by atoms with Gasteiger partial charge in [0.1, 0.15) is 6.61 Å². The van der Waals surface area contributed by atoms with Crippen LogP contribution >= 0.6 is 0 Å². The number of alkyl carbamates (subject to hydrolysis) is 1. The van der Waals surface area contributed by atoms with E-state index >= 15 is 0 Å². The minimum absolute atomic E-state index is 0.0395. The van der Waals surface area contributed by atoms with Crippen molar-refractivity contribution in [1.29, 1.82) is 5.26 Å². The number of nitrogens with zero attached hydrogens (tertiary/aromatic N) is 1. The van der Waals surface area contributed by atoms with Crippen LogP contribution in [0.25, 0.3) is 17.2 Å². The number of ether oxygens (including phenoxy) is 1. The second-order valence-electron chi connectivity index (χ2n) is 7.52. The lowest BCUT2D eigenvalue weighted by Crippen LogP contribution is -2.26. The summed E-state index contributed by atoms with van der Waals surface area (Å²) in [6, 6.07) is 20.7. The molecule has 33 heavy (non-hydrogen) atoms. The molecular formula is C26H19F3N2O2. The first-order chi connectivity index (χ1) is 15.9. The van der Waals surface area contributed by atoms with Crippen molar-refractivity contribution in [2.24, 2.45) is 0 Å². The van der Waals surface area contributed by atoms with Crippen molar-refractivity contribution in [2.45, 2.75) is 12.1 Å². The van der Waals surface area contributed by atoms with E-state index in [9.17, 15) is 18.0 Å². The number of hydrogen-bond donors (Lipinski definition) is 1. The lowest BCUT2D eigenvalue weighted by atomic mass is 9.98. The number of carbonyl (C=O) groups is 1. The summed E-state index contributed by atoms with van der Waals surface area (Å²) in [5.41, 5.74) is 3.84. The number of amides is 1. The average Bonchev–Trinajstić information content (AvgIpc) is 3.13. The van der Waals surface area contributed by atoms with Crippen molar-refractivity contribution in [3.63, 3.8) is 0 Å². The fraction of sp³-hybridized carbons (Fsp3) is 0.154. The van der Waals surface area contributed by atoms with E-state index in [0.717, 1.165) is 40.5 Å². The second kappa shape index (κ2) is 9.21. The summed E-state index contributed by atoms with van der Waals surface area (Å²) in [7, 11) is 0. The van der Waals surface area contributed by atoms with E-state index in [2.05, 4.69) is 5.32 Å². The zero-order chi connectivity index (χ0) is 23.4. The summed E-state index contributed by atoms with van der Waals surface area (Å²) in [6.07, 6.45) is -2.29. The number of fused-ring (bicyclic) bond motifs is 3. The van der Waals surface area contributed by atoms with Crippen LogP contribution in [-0.2, 0) is 10.9 Å². The monoisotopic (exact) mass is 448 g/mol. The first-order valence-corrected chi connectivity index (χ1v) is 10.2. The number of carbonyl (C=O) groups excluding carboxylic acids is 1. The molecule has 0 aliphatic heterocycles. The summed E-state index contributed by atoms with van der Waals surface area (Å²) in [5.74, 6) is -0.0676. The topological polar surface area (TPSA) is 62.1 Å². The minimum Gasteiger partial charge on any atom is -0.449 e. The number of alkyl halides is 3. The molecule has 0 atom stereocenters. The van der Waals surface area contributed by atoms with Crippen LogP contribution in [0.2, 0.25) is 0 Å². The maximum Gasteiger partial charge on any atom is 0.416 e. The number of nitrogens with one attached hydrogen (secondary N) is 1. The zero-order valence-electron chi connectivity index (χ0n) is 17.4. The Morgan fingerprint density at radius 1 is 1.03 bits per heavy atom. The van der Waals surface area contributed by atoms with Crippen LogP contribution in [0.3, 0.4) is 0 Å². The molecule has 1 N–H and O–H groups in total. The van der Waals surface area contributed by atoms with Gasteiger partial charge in [-0.1, -0.05) is 60.7 Å². The van der Waals surface area contributed by atoms with E-state index < -0.39 is 17.8 Å². The highest BCUT2D eigenvalue weighted by Crippen LogP contribution is 2.44. The fourth-order valence-electron chi connectivity index (χ4n) is 3.96. The van der Waals surface area contributed by atoms with Gasteiger partial charge in [-0.05, 0) is 46.0 Å². The molecule has 3 aromatic carbocycles. The van der Waals surface area contributed by atoms with Crippen molar-refractivity contribution in [2.75, 3.05) is 13.2 Å². The lowest BCUT2D eigenvalue weighted by molar-refractivity contribution is -0.137. The van der Waals surface area contributed by atoms with Crippen LogP contribution in [-0.4, -0.2) is 19.2 Å². The molecule has 0 spiro atoms. The molecule has 0 aromatic heterocycles. The molecule has 1 aliphatic rings. The van der Waals surface area contributed by atoms with E-state index in [0.29, 0.717) is 0 Å². The van der Waals surface area contributed by atoms with E-state index in [4.69, 9.17) is 10.00 Å². The van der Waals surface area contributed by atoms with Gasteiger partial charge in [0, 0.05) is 12.5 Å². The van der Waals surface area contributed by atoms with Crippen LogP contribution < -0.4 is 5.32 Å². The van der Waals surface area contributed by atoms with Gasteiger partial charge in [0.15, 0.2) is 0 Å². The first kappa shape index (κ1) is 22.2. The van der Waals surface area contributed by atoms with Gasteiger partial charge in [0.25, 0.3) is 0 Å². The van der Waals surface area contributed by atoms with Crippen molar-refractivity contribution in [3.8, 4) is 17.2 Å². The average molecular weight is 448 g/mol. The minimum atomic E-state index is -4.50. The van der Waals surface area contributed by atoms with E-state index in [-0.39, 0.29) is 30.2 Å². The quantitative estimate of drug-likeness (QED) is 0.511. The Bertz CT molecular complexity index is 1210. The van der Waals surface area contributed by atoms with Gasteiger partial charge in [-0.15, -0.1) is 0 Å². The molecule has 4 rings (SSSR count). The van der Waals surface area contributed by atoms with Crippen molar-refractivity contribution < 1.29 is 22.7 Å². The molecule has 0 saturated heterocycles. The SMILES string of the molecule is N#Cc1ccc(C(F)(F)F)cc1C=CCNC(=O)OCC1c2ccccc2-c2ccccc21. The molecule has 0 heterocycles. The zero-order valence-corrected chi connectivity index (χ0v) is 17.4. The fourth-order valence-corrected chi connectivity index (χ4v) is 3.96. The Kier molecular flexibility index (Phi) is 6.18. The Morgan fingerprint density at radius 3 is 2.27 bits per heavy atom. The second-order valence-corrected chi connectivity index (χ2v) is 7.52. The van der Waals surface area contributed by atoms with Crippen molar-refractivity contribution >= 4 is 12.2 Å².